The Kier molecular flexibility index (Phi) is 4.52. The van der Waals surface area contributed by atoms with Crippen molar-refractivity contribution in [1.29, 1.82) is 0 Å². The second kappa shape index (κ2) is 6.15. The minimum absolute atomic E-state index is 0.135. The van der Waals surface area contributed by atoms with Crippen LogP contribution in [-0.2, 0) is 5.60 Å². The summed E-state index contributed by atoms with van der Waals surface area (Å²) < 4.78 is 0.597. The number of nitrogens with one attached hydrogen (secondary N) is 1. The van der Waals surface area contributed by atoms with Gasteiger partial charge >= 0.3 is 0 Å². The van der Waals surface area contributed by atoms with Crippen LogP contribution >= 0.6 is 15.9 Å². The lowest BCUT2D eigenvalue weighted by Gasteiger charge is -2.24. The number of hydrogen-bond acceptors (Lipinski definition) is 3. The van der Waals surface area contributed by atoms with Crippen molar-refractivity contribution in [3.05, 3.63) is 64.4 Å². The largest absolute Gasteiger partial charge is 0.384 e. The van der Waals surface area contributed by atoms with Crippen molar-refractivity contribution in [3.63, 3.8) is 0 Å². The van der Waals surface area contributed by atoms with Gasteiger partial charge in [-0.2, -0.15) is 0 Å². The summed E-state index contributed by atoms with van der Waals surface area (Å²) in [5, 5.41) is 13.1. The summed E-state index contributed by atoms with van der Waals surface area (Å²) in [6, 6.07) is 12.5. The van der Waals surface area contributed by atoms with Crippen molar-refractivity contribution in [2.45, 2.75) is 12.5 Å². The number of amides is 1. The van der Waals surface area contributed by atoms with E-state index in [1.807, 2.05) is 30.3 Å². The number of carbonyl (C=O) groups excluding carboxylic acids is 1. The molecule has 0 radical (unpaired) electrons. The summed E-state index contributed by atoms with van der Waals surface area (Å²) in [7, 11) is 0. The fourth-order valence-corrected chi connectivity index (χ4v) is 2.16. The Labute approximate surface area is 126 Å². The van der Waals surface area contributed by atoms with Gasteiger partial charge in [-0.25, -0.2) is 4.98 Å². The lowest BCUT2D eigenvalue weighted by Crippen LogP contribution is -2.38. The van der Waals surface area contributed by atoms with Crippen LogP contribution in [0.4, 0.5) is 0 Å². The SMILES string of the molecule is CC(O)(CNC(=O)c1ccnc(Br)c1)c1ccccc1. The molecular formula is C15H15BrN2O2. The molecule has 5 heteroatoms. The number of benzene rings is 1. The highest BCUT2D eigenvalue weighted by Gasteiger charge is 2.23. The average Bonchev–Trinajstić information content (AvgIpc) is 2.46. The Balaban J connectivity index is 2.03. The molecule has 4 nitrogen and oxygen atoms in total. The molecule has 0 saturated carbocycles. The summed E-state index contributed by atoms with van der Waals surface area (Å²) in [5.41, 5.74) is 0.146. The second-order valence-electron chi connectivity index (χ2n) is 4.69. The molecule has 2 aromatic rings. The van der Waals surface area contributed by atoms with Gasteiger partial charge in [-0.3, -0.25) is 4.79 Å². The minimum Gasteiger partial charge on any atom is -0.384 e. The first-order chi connectivity index (χ1) is 9.49. The van der Waals surface area contributed by atoms with Gasteiger partial charge in [0.15, 0.2) is 0 Å². The van der Waals surface area contributed by atoms with E-state index in [4.69, 9.17) is 0 Å². The molecule has 1 atom stereocenters. The summed E-state index contributed by atoms with van der Waals surface area (Å²) in [4.78, 5) is 16.0. The van der Waals surface area contributed by atoms with Crippen LogP contribution in [0, 0.1) is 0 Å². The van der Waals surface area contributed by atoms with E-state index < -0.39 is 5.60 Å². The normalized spacial score (nSPS) is 13.6. The van der Waals surface area contributed by atoms with Crippen molar-refractivity contribution in [1.82, 2.24) is 10.3 Å². The van der Waals surface area contributed by atoms with Crippen LogP contribution in [0.3, 0.4) is 0 Å². The van der Waals surface area contributed by atoms with Crippen LogP contribution in [0.5, 0.6) is 0 Å². The van der Waals surface area contributed by atoms with E-state index >= 15 is 0 Å². The molecule has 104 valence electrons. The van der Waals surface area contributed by atoms with Crippen LogP contribution in [0.25, 0.3) is 0 Å². The molecule has 0 fully saturated rings. The molecule has 0 saturated heterocycles. The maximum atomic E-state index is 12.0. The van der Waals surface area contributed by atoms with Gasteiger partial charge in [-0.1, -0.05) is 30.3 Å². The molecule has 0 aliphatic carbocycles. The van der Waals surface area contributed by atoms with Crippen molar-refractivity contribution in [2.75, 3.05) is 6.54 Å². The highest BCUT2D eigenvalue weighted by Crippen LogP contribution is 2.19. The van der Waals surface area contributed by atoms with Gasteiger partial charge in [0.05, 0.1) is 6.54 Å². The fraction of sp³-hybridized carbons (Fsp3) is 0.200. The number of aliphatic hydroxyl groups is 1. The Morgan fingerprint density at radius 2 is 2.05 bits per heavy atom. The van der Waals surface area contributed by atoms with Gasteiger partial charge in [-0.15, -0.1) is 0 Å². The third kappa shape index (κ3) is 3.65. The lowest BCUT2D eigenvalue weighted by atomic mass is 9.96. The molecule has 1 unspecified atom stereocenters. The quantitative estimate of drug-likeness (QED) is 0.844. The first-order valence-electron chi connectivity index (χ1n) is 6.17. The van der Waals surface area contributed by atoms with Crippen LogP contribution in [0.1, 0.15) is 22.8 Å². The molecular weight excluding hydrogens is 320 g/mol. The fourth-order valence-electron chi connectivity index (χ4n) is 1.80. The molecule has 0 spiro atoms. The Bertz CT molecular complexity index is 600. The van der Waals surface area contributed by atoms with Gasteiger partial charge in [0, 0.05) is 11.8 Å². The van der Waals surface area contributed by atoms with Gasteiger partial charge in [0.1, 0.15) is 10.2 Å². The molecule has 0 aliphatic heterocycles. The third-order valence-corrected chi connectivity index (χ3v) is 3.41. The van der Waals surface area contributed by atoms with Gasteiger partial charge < -0.3 is 10.4 Å². The summed E-state index contributed by atoms with van der Waals surface area (Å²) >= 11 is 3.22. The Hall–Kier alpha value is -1.72. The Morgan fingerprint density at radius 3 is 2.70 bits per heavy atom. The summed E-state index contributed by atoms with van der Waals surface area (Å²) in [6.07, 6.45) is 1.55. The molecule has 2 N–H and O–H groups in total. The Morgan fingerprint density at radius 1 is 1.35 bits per heavy atom. The summed E-state index contributed by atoms with van der Waals surface area (Å²) in [5.74, 6) is -0.246. The molecule has 2 rings (SSSR count). The van der Waals surface area contributed by atoms with Crippen LogP contribution in [-0.4, -0.2) is 22.5 Å². The molecule has 0 aliphatic rings. The number of carbonyl (C=O) groups is 1. The number of pyridine rings is 1. The van der Waals surface area contributed by atoms with Crippen LogP contribution in [0.15, 0.2) is 53.3 Å². The van der Waals surface area contributed by atoms with Gasteiger partial charge in [-0.05, 0) is 40.5 Å². The molecule has 1 amide bonds. The zero-order chi connectivity index (χ0) is 14.6. The molecule has 1 aromatic heterocycles. The average molecular weight is 335 g/mol. The topological polar surface area (TPSA) is 62.2 Å². The van der Waals surface area contributed by atoms with Gasteiger partial charge in [0.2, 0.25) is 0 Å². The van der Waals surface area contributed by atoms with E-state index in [1.54, 1.807) is 25.3 Å². The predicted molar refractivity (Wildman–Crippen MR) is 80.3 cm³/mol. The maximum absolute atomic E-state index is 12.0. The molecule has 0 bridgehead atoms. The number of nitrogens with zero attached hydrogens (tertiary/aromatic N) is 1. The first kappa shape index (κ1) is 14.7. The highest BCUT2D eigenvalue weighted by atomic mass is 79.9. The number of hydrogen-bond donors (Lipinski definition) is 2. The summed E-state index contributed by atoms with van der Waals surface area (Å²) in [6.45, 7) is 1.81. The smallest absolute Gasteiger partial charge is 0.251 e. The highest BCUT2D eigenvalue weighted by molar-refractivity contribution is 9.10. The second-order valence-corrected chi connectivity index (χ2v) is 5.50. The van der Waals surface area contributed by atoms with Gasteiger partial charge in [0.25, 0.3) is 5.91 Å². The van der Waals surface area contributed by atoms with Crippen molar-refractivity contribution in [3.8, 4) is 0 Å². The number of rotatable bonds is 4. The standard InChI is InChI=1S/C15H15BrN2O2/c1-15(20,12-5-3-2-4-6-12)10-18-14(19)11-7-8-17-13(16)9-11/h2-9,20H,10H2,1H3,(H,18,19). The van der Waals surface area contributed by atoms with Crippen LogP contribution in [0.2, 0.25) is 0 Å². The van der Waals surface area contributed by atoms with E-state index in [2.05, 4.69) is 26.2 Å². The minimum atomic E-state index is -1.11. The van der Waals surface area contributed by atoms with E-state index in [0.29, 0.717) is 10.2 Å². The van der Waals surface area contributed by atoms with E-state index in [1.165, 1.54) is 0 Å². The monoisotopic (exact) mass is 334 g/mol. The lowest BCUT2D eigenvalue weighted by molar-refractivity contribution is 0.0526. The van der Waals surface area contributed by atoms with Crippen molar-refractivity contribution >= 4 is 21.8 Å². The van der Waals surface area contributed by atoms with Crippen molar-refractivity contribution < 1.29 is 9.90 Å². The zero-order valence-corrected chi connectivity index (χ0v) is 12.6. The van der Waals surface area contributed by atoms with Crippen LogP contribution < -0.4 is 5.32 Å². The predicted octanol–water partition coefficient (Wildman–Crippen LogP) is 2.48. The molecule has 20 heavy (non-hydrogen) atoms. The number of aromatic nitrogens is 1. The van der Waals surface area contributed by atoms with E-state index in [0.717, 1.165) is 5.56 Å². The van der Waals surface area contributed by atoms with E-state index in [-0.39, 0.29) is 12.5 Å². The van der Waals surface area contributed by atoms with Crippen molar-refractivity contribution in [2.24, 2.45) is 0 Å². The molecule has 1 heterocycles. The first-order valence-corrected chi connectivity index (χ1v) is 6.96. The van der Waals surface area contributed by atoms with E-state index in [9.17, 15) is 9.90 Å². The maximum Gasteiger partial charge on any atom is 0.251 e. The number of halogens is 1. The zero-order valence-electron chi connectivity index (χ0n) is 11.0. The molecule has 1 aromatic carbocycles. The third-order valence-electron chi connectivity index (χ3n) is 2.98.